The fourth-order valence-electron chi connectivity index (χ4n) is 2.02. The van der Waals surface area contributed by atoms with Crippen LogP contribution in [0.3, 0.4) is 0 Å². The lowest BCUT2D eigenvalue weighted by atomic mass is 9.96. The summed E-state index contributed by atoms with van der Waals surface area (Å²) in [7, 11) is 0. The quantitative estimate of drug-likeness (QED) is 0.774. The minimum absolute atomic E-state index is 0.0414. The summed E-state index contributed by atoms with van der Waals surface area (Å²) in [6.45, 7) is 4.00. The Morgan fingerprint density at radius 3 is 2.63 bits per heavy atom. The molecular formula is C13H18N2O3S. The van der Waals surface area contributed by atoms with Crippen LogP contribution < -0.4 is 10.6 Å². The lowest BCUT2D eigenvalue weighted by Crippen LogP contribution is -2.56. The largest absolute Gasteiger partial charge is 0.480 e. The molecule has 0 bridgehead atoms. The summed E-state index contributed by atoms with van der Waals surface area (Å²) in [6, 6.07) is 3.52. The number of hydrogen-bond donors (Lipinski definition) is 3. The number of aliphatic carboxylic acids is 1. The lowest BCUT2D eigenvalue weighted by Gasteiger charge is -2.26. The van der Waals surface area contributed by atoms with Gasteiger partial charge in [-0.2, -0.15) is 0 Å². The monoisotopic (exact) mass is 282 g/mol. The molecule has 1 aromatic heterocycles. The maximum atomic E-state index is 11.8. The summed E-state index contributed by atoms with van der Waals surface area (Å²) in [5.41, 5.74) is -1.16. The van der Waals surface area contributed by atoms with Crippen molar-refractivity contribution in [1.82, 2.24) is 10.6 Å². The van der Waals surface area contributed by atoms with Crippen molar-refractivity contribution in [3.63, 3.8) is 0 Å². The van der Waals surface area contributed by atoms with Crippen molar-refractivity contribution in [2.24, 2.45) is 5.92 Å². The fraction of sp³-hybridized carbons (Fsp3) is 0.538. The SMILES string of the molecule is Cc1ccc(CNC(=O)NC(C)(C(=O)O)C2CC2)s1. The van der Waals surface area contributed by atoms with Crippen LogP contribution in [0.5, 0.6) is 0 Å². The molecule has 0 aliphatic heterocycles. The van der Waals surface area contributed by atoms with Crippen LogP contribution in [-0.2, 0) is 11.3 Å². The van der Waals surface area contributed by atoms with Crippen LogP contribution in [0.15, 0.2) is 12.1 Å². The number of amides is 2. The molecule has 5 nitrogen and oxygen atoms in total. The third-order valence-electron chi connectivity index (χ3n) is 3.43. The van der Waals surface area contributed by atoms with E-state index in [-0.39, 0.29) is 5.92 Å². The van der Waals surface area contributed by atoms with E-state index in [0.717, 1.165) is 17.7 Å². The van der Waals surface area contributed by atoms with E-state index in [0.29, 0.717) is 6.54 Å². The molecule has 3 N–H and O–H groups in total. The molecule has 0 spiro atoms. The number of carbonyl (C=O) groups excluding carboxylic acids is 1. The summed E-state index contributed by atoms with van der Waals surface area (Å²) in [5.74, 6) is -0.933. The average molecular weight is 282 g/mol. The van der Waals surface area contributed by atoms with Gasteiger partial charge in [0, 0.05) is 9.75 Å². The van der Waals surface area contributed by atoms with Gasteiger partial charge in [0.25, 0.3) is 0 Å². The number of thiophene rings is 1. The Balaban J connectivity index is 1.88. The Bertz CT molecular complexity index is 496. The number of carboxylic acids is 1. The van der Waals surface area contributed by atoms with Crippen LogP contribution in [-0.4, -0.2) is 22.6 Å². The normalized spacial score (nSPS) is 17.6. The molecule has 1 fully saturated rings. The van der Waals surface area contributed by atoms with Gasteiger partial charge in [0.1, 0.15) is 5.54 Å². The van der Waals surface area contributed by atoms with E-state index >= 15 is 0 Å². The van der Waals surface area contributed by atoms with Gasteiger partial charge in [-0.05, 0) is 44.7 Å². The van der Waals surface area contributed by atoms with E-state index < -0.39 is 17.5 Å². The fourth-order valence-corrected chi connectivity index (χ4v) is 2.85. The van der Waals surface area contributed by atoms with Gasteiger partial charge in [-0.1, -0.05) is 0 Å². The molecule has 104 valence electrons. The van der Waals surface area contributed by atoms with E-state index in [4.69, 9.17) is 0 Å². The highest BCUT2D eigenvalue weighted by Crippen LogP contribution is 2.39. The number of carbonyl (C=O) groups is 2. The molecule has 6 heteroatoms. The standard InChI is InChI=1S/C13H18N2O3S/c1-8-3-6-10(19-8)7-14-12(18)15-13(2,11(16)17)9-4-5-9/h3,6,9H,4-5,7H2,1-2H3,(H,16,17)(H2,14,15,18). The number of hydrogen-bond acceptors (Lipinski definition) is 3. The molecule has 1 aliphatic carbocycles. The number of nitrogens with one attached hydrogen (secondary N) is 2. The summed E-state index contributed by atoms with van der Waals surface area (Å²) in [6.07, 6.45) is 1.71. The predicted octanol–water partition coefficient (Wildman–Crippen LogP) is 2.11. The van der Waals surface area contributed by atoms with Crippen molar-refractivity contribution in [2.45, 2.75) is 38.8 Å². The third-order valence-corrected chi connectivity index (χ3v) is 4.43. The van der Waals surface area contributed by atoms with Crippen molar-refractivity contribution in [2.75, 3.05) is 0 Å². The first kappa shape index (κ1) is 13.9. The van der Waals surface area contributed by atoms with Crippen molar-refractivity contribution in [3.05, 3.63) is 21.9 Å². The van der Waals surface area contributed by atoms with Gasteiger partial charge in [-0.3, -0.25) is 0 Å². The highest BCUT2D eigenvalue weighted by molar-refractivity contribution is 7.11. The molecular weight excluding hydrogens is 264 g/mol. The van der Waals surface area contributed by atoms with E-state index in [2.05, 4.69) is 10.6 Å². The first-order valence-corrected chi connectivity index (χ1v) is 7.08. The number of aryl methyl sites for hydroxylation is 1. The first-order valence-electron chi connectivity index (χ1n) is 6.26. The Morgan fingerprint density at radius 2 is 2.16 bits per heavy atom. The molecule has 1 saturated carbocycles. The van der Waals surface area contributed by atoms with Gasteiger partial charge in [0.05, 0.1) is 6.54 Å². The van der Waals surface area contributed by atoms with Gasteiger partial charge >= 0.3 is 12.0 Å². The van der Waals surface area contributed by atoms with Gasteiger partial charge in [-0.25, -0.2) is 9.59 Å². The van der Waals surface area contributed by atoms with Gasteiger partial charge in [0.15, 0.2) is 0 Å². The van der Waals surface area contributed by atoms with Crippen molar-refractivity contribution < 1.29 is 14.7 Å². The molecule has 0 saturated heterocycles. The molecule has 19 heavy (non-hydrogen) atoms. The smallest absolute Gasteiger partial charge is 0.329 e. The highest BCUT2D eigenvalue weighted by Gasteiger charge is 2.48. The van der Waals surface area contributed by atoms with Crippen molar-refractivity contribution >= 4 is 23.3 Å². The zero-order chi connectivity index (χ0) is 14.0. The third kappa shape index (κ3) is 3.26. The van der Waals surface area contributed by atoms with E-state index in [1.807, 2.05) is 19.1 Å². The van der Waals surface area contributed by atoms with Crippen LogP contribution >= 0.6 is 11.3 Å². The summed E-state index contributed by atoms with van der Waals surface area (Å²) in [4.78, 5) is 25.3. The molecule has 0 radical (unpaired) electrons. The number of carboxylic acid groups (broad SMARTS) is 1. The molecule has 2 rings (SSSR count). The second-order valence-electron chi connectivity index (χ2n) is 5.10. The second kappa shape index (κ2) is 5.21. The predicted molar refractivity (Wildman–Crippen MR) is 73.2 cm³/mol. The molecule has 2 amide bonds. The van der Waals surface area contributed by atoms with Crippen LogP contribution in [0, 0.1) is 12.8 Å². The topological polar surface area (TPSA) is 78.4 Å². The Kier molecular flexibility index (Phi) is 3.80. The Labute approximate surface area is 116 Å². The number of rotatable bonds is 5. The zero-order valence-electron chi connectivity index (χ0n) is 11.0. The summed E-state index contributed by atoms with van der Waals surface area (Å²) < 4.78 is 0. The lowest BCUT2D eigenvalue weighted by molar-refractivity contribution is -0.144. The van der Waals surface area contributed by atoms with Gasteiger partial charge < -0.3 is 15.7 Å². The Hall–Kier alpha value is -1.56. The maximum Gasteiger partial charge on any atom is 0.329 e. The van der Waals surface area contributed by atoms with Crippen LogP contribution in [0.25, 0.3) is 0 Å². The van der Waals surface area contributed by atoms with E-state index in [1.165, 1.54) is 4.88 Å². The minimum Gasteiger partial charge on any atom is -0.480 e. The van der Waals surface area contributed by atoms with Crippen molar-refractivity contribution in [3.8, 4) is 0 Å². The van der Waals surface area contributed by atoms with E-state index in [1.54, 1.807) is 18.3 Å². The summed E-state index contributed by atoms with van der Waals surface area (Å²) >= 11 is 1.61. The number of urea groups is 1. The highest BCUT2D eigenvalue weighted by atomic mass is 32.1. The van der Waals surface area contributed by atoms with Gasteiger partial charge in [-0.15, -0.1) is 11.3 Å². The molecule has 1 heterocycles. The van der Waals surface area contributed by atoms with Crippen LogP contribution in [0.1, 0.15) is 29.5 Å². The van der Waals surface area contributed by atoms with Crippen LogP contribution in [0.2, 0.25) is 0 Å². The molecule has 1 unspecified atom stereocenters. The molecule has 1 aromatic rings. The minimum atomic E-state index is -1.16. The summed E-state index contributed by atoms with van der Waals surface area (Å²) in [5, 5.41) is 14.5. The van der Waals surface area contributed by atoms with Gasteiger partial charge in [0.2, 0.25) is 0 Å². The first-order chi connectivity index (χ1) is 8.91. The average Bonchev–Trinajstić information content (AvgIpc) is 3.11. The molecule has 0 aromatic carbocycles. The maximum absolute atomic E-state index is 11.8. The molecule has 1 atom stereocenters. The van der Waals surface area contributed by atoms with Crippen molar-refractivity contribution in [1.29, 1.82) is 0 Å². The molecule has 1 aliphatic rings. The van der Waals surface area contributed by atoms with E-state index in [9.17, 15) is 14.7 Å². The zero-order valence-corrected chi connectivity index (χ0v) is 11.8. The van der Waals surface area contributed by atoms with Crippen LogP contribution in [0.4, 0.5) is 4.79 Å². The Morgan fingerprint density at radius 1 is 1.47 bits per heavy atom. The second-order valence-corrected chi connectivity index (χ2v) is 6.47.